The SMILES string of the molecule is CCc1ccccc1CN1CCc2c(nc(S(C)(=O)=O)[nH]c2=O)C1. The Labute approximate surface area is 141 Å². The van der Waals surface area contributed by atoms with Crippen molar-refractivity contribution in [2.75, 3.05) is 12.8 Å². The van der Waals surface area contributed by atoms with E-state index in [0.29, 0.717) is 24.2 Å². The highest BCUT2D eigenvalue weighted by Gasteiger charge is 2.23. The molecule has 1 aliphatic rings. The summed E-state index contributed by atoms with van der Waals surface area (Å²) >= 11 is 0. The van der Waals surface area contributed by atoms with E-state index in [9.17, 15) is 13.2 Å². The molecule has 1 N–H and O–H groups in total. The smallest absolute Gasteiger partial charge is 0.255 e. The Morgan fingerprint density at radius 3 is 2.62 bits per heavy atom. The van der Waals surface area contributed by atoms with E-state index in [1.54, 1.807) is 0 Å². The molecule has 24 heavy (non-hydrogen) atoms. The molecule has 1 aromatic heterocycles. The van der Waals surface area contributed by atoms with E-state index in [1.165, 1.54) is 11.1 Å². The summed E-state index contributed by atoms with van der Waals surface area (Å²) in [4.78, 5) is 20.9. The summed E-state index contributed by atoms with van der Waals surface area (Å²) in [6.07, 6.45) is 2.60. The topological polar surface area (TPSA) is 83.1 Å². The van der Waals surface area contributed by atoms with E-state index in [4.69, 9.17) is 0 Å². The molecule has 0 radical (unpaired) electrons. The summed E-state index contributed by atoms with van der Waals surface area (Å²) in [6.45, 7) is 4.14. The molecule has 0 saturated heterocycles. The number of aromatic nitrogens is 2. The Bertz CT molecular complexity index is 919. The number of nitrogens with one attached hydrogen (secondary N) is 1. The van der Waals surface area contributed by atoms with Crippen molar-refractivity contribution in [3.8, 4) is 0 Å². The second kappa shape index (κ2) is 6.49. The van der Waals surface area contributed by atoms with Gasteiger partial charge in [0.1, 0.15) is 0 Å². The van der Waals surface area contributed by atoms with Crippen LogP contribution in [-0.2, 0) is 35.8 Å². The maximum Gasteiger partial charge on any atom is 0.255 e. The first-order valence-electron chi connectivity index (χ1n) is 7.99. The summed E-state index contributed by atoms with van der Waals surface area (Å²) in [5.74, 6) is 0. The fourth-order valence-electron chi connectivity index (χ4n) is 3.08. The highest BCUT2D eigenvalue weighted by molar-refractivity contribution is 7.90. The lowest BCUT2D eigenvalue weighted by molar-refractivity contribution is 0.238. The highest BCUT2D eigenvalue weighted by atomic mass is 32.2. The monoisotopic (exact) mass is 347 g/mol. The Kier molecular flexibility index (Phi) is 4.56. The molecule has 1 aliphatic heterocycles. The maximum atomic E-state index is 12.1. The van der Waals surface area contributed by atoms with Gasteiger partial charge in [-0.05, 0) is 24.0 Å². The van der Waals surface area contributed by atoms with E-state index in [2.05, 4.69) is 33.9 Å². The van der Waals surface area contributed by atoms with E-state index in [-0.39, 0.29) is 10.7 Å². The molecule has 1 aromatic carbocycles. The van der Waals surface area contributed by atoms with Crippen LogP contribution in [0.2, 0.25) is 0 Å². The van der Waals surface area contributed by atoms with Crippen molar-refractivity contribution in [2.24, 2.45) is 0 Å². The van der Waals surface area contributed by atoms with Gasteiger partial charge < -0.3 is 0 Å². The average Bonchev–Trinajstić information content (AvgIpc) is 2.54. The number of aryl methyl sites for hydroxylation is 1. The Balaban J connectivity index is 1.89. The van der Waals surface area contributed by atoms with Crippen LogP contribution in [-0.4, -0.2) is 36.1 Å². The number of fused-ring (bicyclic) bond motifs is 1. The number of hydrogen-bond acceptors (Lipinski definition) is 5. The molecular weight excluding hydrogens is 326 g/mol. The van der Waals surface area contributed by atoms with Gasteiger partial charge >= 0.3 is 0 Å². The molecule has 0 saturated carbocycles. The second-order valence-electron chi connectivity index (χ2n) is 6.15. The van der Waals surface area contributed by atoms with Crippen molar-refractivity contribution in [1.29, 1.82) is 0 Å². The Hall–Kier alpha value is -1.99. The minimum Gasteiger partial charge on any atom is -0.297 e. The molecule has 3 rings (SSSR count). The van der Waals surface area contributed by atoms with Crippen LogP contribution in [0.3, 0.4) is 0 Å². The van der Waals surface area contributed by atoms with Crippen LogP contribution in [0.25, 0.3) is 0 Å². The zero-order chi connectivity index (χ0) is 17.3. The Morgan fingerprint density at radius 1 is 1.25 bits per heavy atom. The zero-order valence-corrected chi connectivity index (χ0v) is 14.7. The van der Waals surface area contributed by atoms with Crippen LogP contribution in [0, 0.1) is 0 Å². The summed E-state index contributed by atoms with van der Waals surface area (Å²) in [5.41, 5.74) is 3.39. The lowest BCUT2D eigenvalue weighted by atomic mass is 10.0. The molecule has 0 aliphatic carbocycles. The van der Waals surface area contributed by atoms with Gasteiger partial charge in [-0.1, -0.05) is 31.2 Å². The van der Waals surface area contributed by atoms with Crippen molar-refractivity contribution in [2.45, 2.75) is 38.0 Å². The number of H-pyrrole nitrogens is 1. The van der Waals surface area contributed by atoms with Gasteiger partial charge in [-0.15, -0.1) is 0 Å². The van der Waals surface area contributed by atoms with Gasteiger partial charge in [0, 0.05) is 31.5 Å². The molecule has 0 bridgehead atoms. The van der Waals surface area contributed by atoms with E-state index >= 15 is 0 Å². The molecule has 0 amide bonds. The van der Waals surface area contributed by atoms with E-state index in [1.807, 2.05) is 12.1 Å². The van der Waals surface area contributed by atoms with Crippen molar-refractivity contribution >= 4 is 9.84 Å². The number of benzene rings is 1. The maximum absolute atomic E-state index is 12.1. The van der Waals surface area contributed by atoms with Crippen LogP contribution in [0.1, 0.15) is 29.3 Å². The fourth-order valence-corrected chi connectivity index (χ4v) is 3.63. The molecule has 0 spiro atoms. The summed E-state index contributed by atoms with van der Waals surface area (Å²) < 4.78 is 23.4. The lowest BCUT2D eigenvalue weighted by Gasteiger charge is -2.28. The van der Waals surface area contributed by atoms with E-state index < -0.39 is 9.84 Å². The van der Waals surface area contributed by atoms with Gasteiger partial charge in [-0.25, -0.2) is 13.4 Å². The summed E-state index contributed by atoms with van der Waals surface area (Å²) in [5, 5.41) is -0.248. The summed E-state index contributed by atoms with van der Waals surface area (Å²) in [6, 6.07) is 8.30. The quantitative estimate of drug-likeness (QED) is 0.843. The second-order valence-corrected chi connectivity index (χ2v) is 8.08. The van der Waals surface area contributed by atoms with Gasteiger partial charge in [0.05, 0.1) is 5.69 Å². The number of sulfone groups is 1. The van der Waals surface area contributed by atoms with Crippen LogP contribution in [0.15, 0.2) is 34.2 Å². The van der Waals surface area contributed by atoms with Crippen molar-refractivity contribution < 1.29 is 8.42 Å². The normalized spacial score (nSPS) is 15.2. The molecule has 0 fully saturated rings. The minimum atomic E-state index is -3.53. The predicted molar refractivity (Wildman–Crippen MR) is 91.6 cm³/mol. The van der Waals surface area contributed by atoms with Gasteiger partial charge in [-0.2, -0.15) is 0 Å². The number of hydrogen-bond donors (Lipinski definition) is 1. The number of aromatic amines is 1. The molecule has 2 aromatic rings. The minimum absolute atomic E-state index is 0.248. The number of nitrogens with zero attached hydrogens (tertiary/aromatic N) is 2. The first-order chi connectivity index (χ1) is 11.4. The fraction of sp³-hybridized carbons (Fsp3) is 0.412. The molecule has 128 valence electrons. The van der Waals surface area contributed by atoms with Gasteiger partial charge in [0.15, 0.2) is 0 Å². The van der Waals surface area contributed by atoms with Crippen LogP contribution in [0.5, 0.6) is 0 Å². The van der Waals surface area contributed by atoms with Crippen molar-refractivity contribution in [3.63, 3.8) is 0 Å². The largest absolute Gasteiger partial charge is 0.297 e. The van der Waals surface area contributed by atoms with Gasteiger partial charge in [0.25, 0.3) is 5.56 Å². The van der Waals surface area contributed by atoms with Crippen molar-refractivity contribution in [1.82, 2.24) is 14.9 Å². The molecule has 6 nitrogen and oxygen atoms in total. The van der Waals surface area contributed by atoms with Crippen LogP contribution < -0.4 is 5.56 Å². The highest BCUT2D eigenvalue weighted by Crippen LogP contribution is 2.19. The average molecular weight is 347 g/mol. The van der Waals surface area contributed by atoms with Crippen LogP contribution in [0.4, 0.5) is 0 Å². The first-order valence-corrected chi connectivity index (χ1v) is 9.89. The Morgan fingerprint density at radius 2 is 1.96 bits per heavy atom. The third-order valence-electron chi connectivity index (χ3n) is 4.38. The lowest BCUT2D eigenvalue weighted by Crippen LogP contribution is -2.35. The van der Waals surface area contributed by atoms with E-state index in [0.717, 1.165) is 25.8 Å². The standard InChI is InChI=1S/C17H21N3O3S/c1-3-12-6-4-5-7-13(12)10-20-9-8-14-15(11-20)18-17(19-16(14)21)24(2,22)23/h4-7H,3,8-11H2,1-2H3,(H,18,19,21). The molecule has 0 atom stereocenters. The van der Waals surface area contributed by atoms with Crippen LogP contribution >= 0.6 is 0 Å². The van der Waals surface area contributed by atoms with Gasteiger partial charge in [0.2, 0.25) is 15.0 Å². The third-order valence-corrected chi connectivity index (χ3v) is 5.27. The molecular formula is C17H21N3O3S. The zero-order valence-electron chi connectivity index (χ0n) is 13.9. The summed E-state index contributed by atoms with van der Waals surface area (Å²) in [7, 11) is -3.53. The third kappa shape index (κ3) is 3.42. The molecule has 2 heterocycles. The van der Waals surface area contributed by atoms with Gasteiger partial charge in [-0.3, -0.25) is 14.7 Å². The molecule has 0 unspecified atom stereocenters. The number of rotatable bonds is 4. The predicted octanol–water partition coefficient (Wildman–Crippen LogP) is 1.29. The van der Waals surface area contributed by atoms with Crippen molar-refractivity contribution in [3.05, 3.63) is 57.0 Å². The first kappa shape index (κ1) is 16.9. The molecule has 7 heteroatoms.